The Hall–Kier alpha value is -0.450. The van der Waals surface area contributed by atoms with Crippen LogP contribution in [0.5, 0.6) is 5.75 Å². The third kappa shape index (κ3) is 23.8. The molecule has 1 aromatic rings. The van der Waals surface area contributed by atoms with E-state index in [0.717, 1.165) is 12.0 Å². The van der Waals surface area contributed by atoms with Crippen molar-refractivity contribution >= 4 is 43.9 Å². The van der Waals surface area contributed by atoms with Crippen LogP contribution in [0.3, 0.4) is 0 Å². The number of phenolic OH excluding ortho intramolecular Hbond substituents is 1. The summed E-state index contributed by atoms with van der Waals surface area (Å²) < 4.78 is 0. The standard InChI is InChI=1S/C24H42O.CH2O3.Ca/c1-2-3-4-5-6-7-8-9-10-11-12-13-14-15-16-17-20-23-21-18-19-22-24(23)25;2-1(3)4;/h18-19,21-22,25H,2-17,20H2,1H3;(H2,2,3,4);/q;;+2/p-2. The molecule has 0 amide bonds. The molecule has 0 aliphatic heterocycles. The Bertz CT molecular complexity index is 490. The van der Waals surface area contributed by atoms with E-state index in [1.807, 2.05) is 18.2 Å². The summed E-state index contributed by atoms with van der Waals surface area (Å²) >= 11 is 0. The Morgan fingerprint density at radius 1 is 0.700 bits per heavy atom. The van der Waals surface area contributed by atoms with Crippen molar-refractivity contribution in [3.05, 3.63) is 29.8 Å². The molecule has 1 rings (SSSR count). The summed E-state index contributed by atoms with van der Waals surface area (Å²) in [6.07, 6.45) is 21.2. The number of unbranched alkanes of at least 4 members (excludes halogenated alkanes) is 15. The van der Waals surface area contributed by atoms with Crippen LogP contribution in [0.25, 0.3) is 0 Å². The molecule has 30 heavy (non-hydrogen) atoms. The van der Waals surface area contributed by atoms with Crippen molar-refractivity contribution in [2.75, 3.05) is 0 Å². The molecule has 0 spiro atoms. The third-order valence-electron chi connectivity index (χ3n) is 5.29. The van der Waals surface area contributed by atoms with E-state index >= 15 is 0 Å². The van der Waals surface area contributed by atoms with Gasteiger partial charge in [0, 0.05) is 0 Å². The molecular formula is C25H42CaO4. The Kier molecular flexibility index (Phi) is 26.3. The summed E-state index contributed by atoms with van der Waals surface area (Å²) in [5, 5.41) is 26.4. The number of carboxylic acid groups (broad SMARTS) is 2. The monoisotopic (exact) mass is 446 g/mol. The normalized spacial score (nSPS) is 10.0. The van der Waals surface area contributed by atoms with Crippen molar-refractivity contribution in [3.63, 3.8) is 0 Å². The summed E-state index contributed by atoms with van der Waals surface area (Å²) in [4.78, 5) is 8.33. The topological polar surface area (TPSA) is 83.4 Å². The second-order valence-electron chi connectivity index (χ2n) is 7.93. The van der Waals surface area contributed by atoms with Crippen molar-refractivity contribution in [1.82, 2.24) is 0 Å². The summed E-state index contributed by atoms with van der Waals surface area (Å²) in [6, 6.07) is 7.75. The van der Waals surface area contributed by atoms with E-state index in [4.69, 9.17) is 15.0 Å². The van der Waals surface area contributed by atoms with Gasteiger partial charge in [0.25, 0.3) is 0 Å². The van der Waals surface area contributed by atoms with Crippen molar-refractivity contribution in [2.45, 2.75) is 116 Å². The van der Waals surface area contributed by atoms with Gasteiger partial charge < -0.3 is 20.1 Å². The van der Waals surface area contributed by atoms with Gasteiger partial charge in [0.05, 0.1) is 0 Å². The SMILES string of the molecule is CCCCCCCCCCCCCCCCCCc1ccccc1O.O=C([O-])[O-].[Ca+2]. The van der Waals surface area contributed by atoms with E-state index in [1.165, 1.54) is 103 Å². The fourth-order valence-electron chi connectivity index (χ4n) is 3.59. The number of aryl methyl sites for hydroxylation is 1. The maximum atomic E-state index is 9.74. The van der Waals surface area contributed by atoms with Crippen LogP contribution in [-0.2, 0) is 6.42 Å². The quantitative estimate of drug-likeness (QED) is 0.258. The first-order valence-electron chi connectivity index (χ1n) is 11.7. The fourth-order valence-corrected chi connectivity index (χ4v) is 3.59. The number of phenols is 1. The van der Waals surface area contributed by atoms with E-state index in [0.29, 0.717) is 5.75 Å². The van der Waals surface area contributed by atoms with Crippen LogP contribution in [0.4, 0.5) is 4.79 Å². The molecule has 0 saturated heterocycles. The van der Waals surface area contributed by atoms with E-state index in [9.17, 15) is 5.11 Å². The van der Waals surface area contributed by atoms with Crippen LogP contribution in [-0.4, -0.2) is 49.0 Å². The molecule has 168 valence electrons. The Labute approximate surface area is 214 Å². The van der Waals surface area contributed by atoms with Gasteiger partial charge in [-0.2, -0.15) is 0 Å². The minimum absolute atomic E-state index is 0. The van der Waals surface area contributed by atoms with E-state index < -0.39 is 6.16 Å². The average molecular weight is 447 g/mol. The molecular weight excluding hydrogens is 404 g/mol. The molecule has 0 atom stereocenters. The average Bonchev–Trinajstić information content (AvgIpc) is 2.68. The zero-order chi connectivity index (χ0) is 21.6. The van der Waals surface area contributed by atoms with Gasteiger partial charge in [0.1, 0.15) is 5.75 Å². The molecule has 0 aliphatic carbocycles. The number of aromatic hydroxyl groups is 1. The molecule has 0 unspecified atom stereocenters. The van der Waals surface area contributed by atoms with Crippen LogP contribution in [0, 0.1) is 0 Å². The number of benzene rings is 1. The van der Waals surface area contributed by atoms with E-state index in [1.54, 1.807) is 6.07 Å². The van der Waals surface area contributed by atoms with Crippen molar-refractivity contribution in [3.8, 4) is 5.75 Å². The molecule has 0 aromatic heterocycles. The van der Waals surface area contributed by atoms with Crippen molar-refractivity contribution in [1.29, 1.82) is 0 Å². The first-order valence-corrected chi connectivity index (χ1v) is 11.7. The van der Waals surface area contributed by atoms with Crippen LogP contribution in [0.15, 0.2) is 24.3 Å². The molecule has 0 heterocycles. The summed E-state index contributed by atoms with van der Waals surface area (Å²) in [6.45, 7) is 2.29. The number of para-hydroxylation sites is 1. The smallest absolute Gasteiger partial charge is 0.652 e. The molecule has 5 heteroatoms. The van der Waals surface area contributed by atoms with E-state index in [2.05, 4.69) is 6.92 Å². The second-order valence-corrected chi connectivity index (χ2v) is 7.93. The maximum Gasteiger partial charge on any atom is 2.00 e. The van der Waals surface area contributed by atoms with Gasteiger partial charge in [-0.1, -0.05) is 121 Å². The third-order valence-corrected chi connectivity index (χ3v) is 5.29. The summed E-state index contributed by atoms with van der Waals surface area (Å²) in [5.41, 5.74) is 1.10. The number of hydrogen-bond donors (Lipinski definition) is 1. The molecule has 0 saturated carbocycles. The van der Waals surface area contributed by atoms with Crippen LogP contribution in [0.2, 0.25) is 0 Å². The zero-order valence-electron chi connectivity index (χ0n) is 19.2. The second kappa shape index (κ2) is 24.8. The first kappa shape index (κ1) is 31.7. The predicted molar refractivity (Wildman–Crippen MR) is 123 cm³/mol. The number of hydrogen-bond acceptors (Lipinski definition) is 4. The Balaban J connectivity index is 0. The first-order chi connectivity index (χ1) is 14.1. The summed E-state index contributed by atoms with van der Waals surface area (Å²) in [7, 11) is 0. The molecule has 4 nitrogen and oxygen atoms in total. The molecule has 0 fully saturated rings. The van der Waals surface area contributed by atoms with Gasteiger partial charge in [-0.3, -0.25) is 0 Å². The van der Waals surface area contributed by atoms with Gasteiger partial charge in [-0.15, -0.1) is 0 Å². The Morgan fingerprint density at radius 2 is 1.03 bits per heavy atom. The molecule has 0 radical (unpaired) electrons. The number of carbonyl (C=O) groups is 1. The number of carbonyl (C=O) groups excluding carboxylic acids is 1. The molecule has 0 bridgehead atoms. The minimum atomic E-state index is -2.33. The Morgan fingerprint density at radius 3 is 1.40 bits per heavy atom. The van der Waals surface area contributed by atoms with Gasteiger partial charge in [0.2, 0.25) is 0 Å². The van der Waals surface area contributed by atoms with Gasteiger partial charge in [0.15, 0.2) is 0 Å². The van der Waals surface area contributed by atoms with Gasteiger partial charge in [-0.05, 0) is 30.6 Å². The fraction of sp³-hybridized carbons (Fsp3) is 0.720. The van der Waals surface area contributed by atoms with Crippen molar-refractivity contribution in [2.24, 2.45) is 0 Å². The van der Waals surface area contributed by atoms with Gasteiger partial charge in [-0.25, -0.2) is 0 Å². The summed E-state index contributed by atoms with van der Waals surface area (Å²) in [5.74, 6) is 0.462. The van der Waals surface area contributed by atoms with E-state index in [-0.39, 0.29) is 37.7 Å². The zero-order valence-corrected chi connectivity index (χ0v) is 21.4. The molecule has 1 aromatic carbocycles. The van der Waals surface area contributed by atoms with Crippen molar-refractivity contribution < 1.29 is 20.1 Å². The maximum absolute atomic E-state index is 9.74. The molecule has 1 N–H and O–H groups in total. The van der Waals surface area contributed by atoms with Crippen LogP contribution < -0.4 is 10.2 Å². The predicted octanol–water partition coefficient (Wildman–Crippen LogP) is 5.37. The minimum Gasteiger partial charge on any atom is -0.652 e. The van der Waals surface area contributed by atoms with Gasteiger partial charge >= 0.3 is 37.7 Å². The largest absolute Gasteiger partial charge is 2.00 e. The number of rotatable bonds is 17. The van der Waals surface area contributed by atoms with Crippen LogP contribution in [0.1, 0.15) is 115 Å². The molecule has 0 aliphatic rings. The van der Waals surface area contributed by atoms with Crippen LogP contribution >= 0.6 is 0 Å².